The van der Waals surface area contributed by atoms with Gasteiger partial charge < -0.3 is 15.2 Å². The Balaban J connectivity index is 1.59. The minimum Gasteiger partial charge on any atom is -0.368 e. The molecule has 142 valence electrons. The molecule has 1 atom stereocenters. The summed E-state index contributed by atoms with van der Waals surface area (Å²) in [6, 6.07) is 11.6. The van der Waals surface area contributed by atoms with Crippen molar-refractivity contribution < 1.29 is 14.1 Å². The standard InChI is InChI=1S/C21H25N3O3/c22-20(26)21(11-6-12-24(21)19(25)16-9-4-5-10-16)14-17-13-18(23-27-17)15-7-2-1-3-8-15/h1-3,7-8,13,16H,4-6,9-12,14H2,(H2,22,26)/t21-/m0/s1. The number of carbonyl (C=O) groups is 2. The number of hydrogen-bond donors (Lipinski definition) is 1. The van der Waals surface area contributed by atoms with Crippen molar-refractivity contribution >= 4 is 11.8 Å². The number of hydrogen-bond acceptors (Lipinski definition) is 4. The van der Waals surface area contributed by atoms with Crippen LogP contribution in [0.25, 0.3) is 11.3 Å². The van der Waals surface area contributed by atoms with E-state index in [0.717, 1.165) is 43.4 Å². The summed E-state index contributed by atoms with van der Waals surface area (Å²) in [6.45, 7) is 0.581. The third-order valence-corrected chi connectivity index (χ3v) is 6.01. The van der Waals surface area contributed by atoms with Crippen LogP contribution in [0.3, 0.4) is 0 Å². The number of rotatable bonds is 5. The highest BCUT2D eigenvalue weighted by Crippen LogP contribution is 2.37. The van der Waals surface area contributed by atoms with Gasteiger partial charge in [0.2, 0.25) is 11.8 Å². The smallest absolute Gasteiger partial charge is 0.243 e. The third-order valence-electron chi connectivity index (χ3n) is 6.01. The molecule has 2 amide bonds. The Morgan fingerprint density at radius 1 is 1.19 bits per heavy atom. The maximum atomic E-state index is 13.1. The largest absolute Gasteiger partial charge is 0.368 e. The summed E-state index contributed by atoms with van der Waals surface area (Å²) in [5.41, 5.74) is 6.49. The molecule has 1 aliphatic carbocycles. The van der Waals surface area contributed by atoms with Crippen molar-refractivity contribution in [2.24, 2.45) is 11.7 Å². The maximum Gasteiger partial charge on any atom is 0.243 e. The Kier molecular flexibility index (Phi) is 4.72. The first-order valence-electron chi connectivity index (χ1n) is 9.72. The monoisotopic (exact) mass is 367 g/mol. The van der Waals surface area contributed by atoms with Gasteiger partial charge in [-0.05, 0) is 25.7 Å². The van der Waals surface area contributed by atoms with Gasteiger partial charge in [0.25, 0.3) is 0 Å². The Hall–Kier alpha value is -2.63. The molecule has 2 N–H and O–H groups in total. The summed E-state index contributed by atoms with van der Waals surface area (Å²) in [5, 5.41) is 4.14. The summed E-state index contributed by atoms with van der Waals surface area (Å²) < 4.78 is 5.51. The van der Waals surface area contributed by atoms with Crippen molar-refractivity contribution in [1.29, 1.82) is 0 Å². The number of likely N-dealkylation sites (tertiary alicyclic amines) is 1. The van der Waals surface area contributed by atoms with Crippen LogP contribution < -0.4 is 5.73 Å². The molecule has 6 nitrogen and oxygen atoms in total. The molecule has 1 saturated carbocycles. The zero-order valence-corrected chi connectivity index (χ0v) is 15.4. The molecule has 1 saturated heterocycles. The van der Waals surface area contributed by atoms with E-state index in [2.05, 4.69) is 5.16 Å². The average molecular weight is 367 g/mol. The van der Waals surface area contributed by atoms with Crippen molar-refractivity contribution in [3.8, 4) is 11.3 Å². The lowest BCUT2D eigenvalue weighted by molar-refractivity contribution is -0.146. The molecule has 2 aromatic rings. The van der Waals surface area contributed by atoms with Crippen LogP contribution in [-0.4, -0.2) is 34.0 Å². The van der Waals surface area contributed by atoms with Gasteiger partial charge in [-0.2, -0.15) is 0 Å². The predicted molar refractivity (Wildman–Crippen MR) is 100 cm³/mol. The molecule has 1 aromatic heterocycles. The van der Waals surface area contributed by atoms with E-state index in [1.165, 1.54) is 0 Å². The van der Waals surface area contributed by atoms with Crippen LogP contribution in [0.2, 0.25) is 0 Å². The first-order valence-corrected chi connectivity index (χ1v) is 9.72. The van der Waals surface area contributed by atoms with E-state index in [-0.39, 0.29) is 18.2 Å². The second kappa shape index (κ2) is 7.18. The number of benzene rings is 1. The van der Waals surface area contributed by atoms with Gasteiger partial charge in [0.05, 0.1) is 0 Å². The van der Waals surface area contributed by atoms with Crippen LogP contribution in [0, 0.1) is 5.92 Å². The zero-order chi connectivity index (χ0) is 18.9. The molecule has 0 spiro atoms. The van der Waals surface area contributed by atoms with E-state index in [1.807, 2.05) is 36.4 Å². The summed E-state index contributed by atoms with van der Waals surface area (Å²) in [7, 11) is 0. The van der Waals surface area contributed by atoms with Crippen LogP contribution in [0.5, 0.6) is 0 Å². The zero-order valence-electron chi connectivity index (χ0n) is 15.4. The third kappa shape index (κ3) is 3.24. The van der Waals surface area contributed by atoms with Gasteiger partial charge in [0.15, 0.2) is 0 Å². The van der Waals surface area contributed by atoms with Crippen molar-refractivity contribution in [2.45, 2.75) is 50.5 Å². The second-order valence-corrected chi connectivity index (χ2v) is 7.69. The number of nitrogens with zero attached hydrogens (tertiary/aromatic N) is 2. The minimum atomic E-state index is -1.01. The number of primary amides is 1. The predicted octanol–water partition coefficient (Wildman–Crippen LogP) is 2.92. The van der Waals surface area contributed by atoms with Crippen LogP contribution >= 0.6 is 0 Å². The lowest BCUT2D eigenvalue weighted by Crippen LogP contribution is -2.58. The molecule has 2 heterocycles. The van der Waals surface area contributed by atoms with Crippen molar-refractivity contribution in [3.05, 3.63) is 42.2 Å². The Bertz CT molecular complexity index is 826. The Morgan fingerprint density at radius 3 is 2.63 bits per heavy atom. The highest BCUT2D eigenvalue weighted by Gasteiger charge is 2.50. The highest BCUT2D eigenvalue weighted by atomic mass is 16.5. The van der Waals surface area contributed by atoms with Crippen LogP contribution in [-0.2, 0) is 16.0 Å². The van der Waals surface area contributed by atoms with Gasteiger partial charge in [0, 0.05) is 30.5 Å². The van der Waals surface area contributed by atoms with Gasteiger partial charge in [-0.15, -0.1) is 0 Å². The topological polar surface area (TPSA) is 89.4 Å². The van der Waals surface area contributed by atoms with E-state index in [1.54, 1.807) is 4.90 Å². The van der Waals surface area contributed by atoms with Crippen molar-refractivity contribution in [1.82, 2.24) is 10.1 Å². The fourth-order valence-electron chi connectivity index (χ4n) is 4.55. The Morgan fingerprint density at radius 2 is 1.93 bits per heavy atom. The number of aromatic nitrogens is 1. The molecule has 1 aliphatic heterocycles. The van der Waals surface area contributed by atoms with Crippen molar-refractivity contribution in [3.63, 3.8) is 0 Å². The second-order valence-electron chi connectivity index (χ2n) is 7.69. The number of nitrogens with two attached hydrogens (primary N) is 1. The SMILES string of the molecule is NC(=O)[C@@]1(Cc2cc(-c3ccccc3)no2)CCCN1C(=O)C1CCCC1. The molecular formula is C21H25N3O3. The molecule has 2 aliphatic rings. The summed E-state index contributed by atoms with van der Waals surface area (Å²) >= 11 is 0. The van der Waals surface area contributed by atoms with Crippen molar-refractivity contribution in [2.75, 3.05) is 6.54 Å². The molecule has 4 rings (SSSR count). The molecular weight excluding hydrogens is 342 g/mol. The van der Waals surface area contributed by atoms with Gasteiger partial charge in [-0.3, -0.25) is 9.59 Å². The summed E-state index contributed by atoms with van der Waals surface area (Å²) in [5.74, 6) is 0.228. The first-order chi connectivity index (χ1) is 13.1. The van der Waals surface area contributed by atoms with Gasteiger partial charge >= 0.3 is 0 Å². The van der Waals surface area contributed by atoms with E-state index < -0.39 is 11.4 Å². The average Bonchev–Trinajstić information content (AvgIpc) is 3.43. The summed E-state index contributed by atoms with van der Waals surface area (Å²) in [6.07, 6.45) is 5.60. The number of carbonyl (C=O) groups excluding carboxylic acids is 2. The number of amides is 2. The highest BCUT2D eigenvalue weighted by molar-refractivity contribution is 5.92. The summed E-state index contributed by atoms with van der Waals surface area (Å²) in [4.78, 5) is 27.3. The molecule has 2 fully saturated rings. The van der Waals surface area contributed by atoms with Crippen LogP contribution in [0.15, 0.2) is 40.9 Å². The normalized spacial score (nSPS) is 23.0. The van der Waals surface area contributed by atoms with Crippen LogP contribution in [0.4, 0.5) is 0 Å². The quantitative estimate of drug-likeness (QED) is 0.880. The van der Waals surface area contributed by atoms with Gasteiger partial charge in [-0.25, -0.2) is 0 Å². The van der Waals surface area contributed by atoms with E-state index in [9.17, 15) is 9.59 Å². The maximum absolute atomic E-state index is 13.1. The molecule has 0 bridgehead atoms. The lowest BCUT2D eigenvalue weighted by Gasteiger charge is -2.36. The fraction of sp³-hybridized carbons (Fsp3) is 0.476. The van der Waals surface area contributed by atoms with Crippen LogP contribution in [0.1, 0.15) is 44.3 Å². The van der Waals surface area contributed by atoms with E-state index >= 15 is 0 Å². The van der Waals surface area contributed by atoms with E-state index in [4.69, 9.17) is 10.3 Å². The van der Waals surface area contributed by atoms with Gasteiger partial charge in [0.1, 0.15) is 17.0 Å². The molecule has 6 heteroatoms. The first kappa shape index (κ1) is 17.8. The molecule has 27 heavy (non-hydrogen) atoms. The molecule has 1 aromatic carbocycles. The minimum absolute atomic E-state index is 0.0245. The van der Waals surface area contributed by atoms with Gasteiger partial charge in [-0.1, -0.05) is 48.3 Å². The van der Waals surface area contributed by atoms with E-state index in [0.29, 0.717) is 18.7 Å². The molecule has 0 unspecified atom stereocenters. The lowest BCUT2D eigenvalue weighted by atomic mass is 9.88. The molecule has 0 radical (unpaired) electrons. The fourth-order valence-corrected chi connectivity index (χ4v) is 4.55. The Labute approximate surface area is 158 Å².